The third kappa shape index (κ3) is 4.02. The van der Waals surface area contributed by atoms with Gasteiger partial charge in [-0.3, -0.25) is 4.79 Å². The summed E-state index contributed by atoms with van der Waals surface area (Å²) in [6.45, 7) is 0. The molecule has 3 nitrogen and oxygen atoms in total. The molecule has 2 rings (SSSR count). The molecule has 0 radical (unpaired) electrons. The number of nitriles is 1. The number of carbonyl (C=O) groups is 1. The van der Waals surface area contributed by atoms with Gasteiger partial charge in [0.25, 0.3) is 5.91 Å². The number of hydrogen-bond donors (Lipinski definition) is 1. The van der Waals surface area contributed by atoms with E-state index in [1.165, 1.54) is 12.1 Å². The van der Waals surface area contributed by atoms with Crippen molar-refractivity contribution in [2.24, 2.45) is 0 Å². The van der Waals surface area contributed by atoms with Crippen LogP contribution in [0.3, 0.4) is 0 Å². The fourth-order valence-electron chi connectivity index (χ4n) is 1.68. The Morgan fingerprint density at radius 3 is 2.50 bits per heavy atom. The molecule has 0 aliphatic carbocycles. The van der Waals surface area contributed by atoms with Crippen LogP contribution in [0.4, 0.5) is 5.69 Å². The number of carbonyl (C=O) groups excluding carboxylic acids is 1. The minimum absolute atomic E-state index is 0.0934. The molecule has 0 fully saturated rings. The molecule has 2 aromatic rings. The predicted octanol–water partition coefficient (Wildman–Crippen LogP) is 5.19. The molecule has 110 valence electrons. The summed E-state index contributed by atoms with van der Waals surface area (Å²) < 4.78 is 0. The molecule has 1 amide bonds. The maximum absolute atomic E-state index is 12.2. The molecular weight excluding hydrogens is 343 g/mol. The highest BCUT2D eigenvalue weighted by atomic mass is 35.5. The monoisotopic (exact) mass is 350 g/mol. The zero-order chi connectivity index (χ0) is 16.1. The average Bonchev–Trinajstić information content (AvgIpc) is 2.50. The Hall–Kier alpha value is -1.99. The molecule has 0 aliphatic rings. The summed E-state index contributed by atoms with van der Waals surface area (Å²) in [6, 6.07) is 13.4. The second-order valence-electron chi connectivity index (χ2n) is 4.27. The van der Waals surface area contributed by atoms with Gasteiger partial charge in [0, 0.05) is 10.0 Å². The lowest BCUT2D eigenvalue weighted by Gasteiger charge is -2.07. The smallest absolute Gasteiger partial charge is 0.266 e. The Bertz CT molecular complexity index is 794. The maximum atomic E-state index is 12.2. The van der Waals surface area contributed by atoms with Gasteiger partial charge in [0.1, 0.15) is 11.6 Å². The molecule has 2 aromatic carbocycles. The largest absolute Gasteiger partial charge is 0.320 e. The Morgan fingerprint density at radius 1 is 1.09 bits per heavy atom. The third-order valence-electron chi connectivity index (χ3n) is 2.75. The van der Waals surface area contributed by atoms with E-state index in [2.05, 4.69) is 5.32 Å². The van der Waals surface area contributed by atoms with Crippen LogP contribution in [0.1, 0.15) is 5.56 Å². The molecular formula is C16H9Cl3N2O. The van der Waals surface area contributed by atoms with Crippen LogP contribution < -0.4 is 5.32 Å². The van der Waals surface area contributed by atoms with E-state index in [0.29, 0.717) is 26.3 Å². The van der Waals surface area contributed by atoms with Crippen molar-refractivity contribution >= 4 is 52.5 Å². The van der Waals surface area contributed by atoms with Crippen LogP contribution in [-0.2, 0) is 4.79 Å². The van der Waals surface area contributed by atoms with Gasteiger partial charge in [0.2, 0.25) is 0 Å². The maximum Gasteiger partial charge on any atom is 0.266 e. The van der Waals surface area contributed by atoms with E-state index in [1.807, 2.05) is 6.07 Å². The molecule has 0 heterocycles. The van der Waals surface area contributed by atoms with Gasteiger partial charge in [-0.2, -0.15) is 5.26 Å². The van der Waals surface area contributed by atoms with Gasteiger partial charge >= 0.3 is 0 Å². The fourth-order valence-corrected chi connectivity index (χ4v) is 2.21. The number of amides is 1. The molecule has 0 aliphatic heterocycles. The summed E-state index contributed by atoms with van der Waals surface area (Å²) in [4.78, 5) is 12.2. The zero-order valence-electron chi connectivity index (χ0n) is 11.1. The van der Waals surface area contributed by atoms with Crippen LogP contribution >= 0.6 is 34.8 Å². The summed E-state index contributed by atoms with van der Waals surface area (Å²) >= 11 is 17.8. The van der Waals surface area contributed by atoms with Gasteiger partial charge in [-0.15, -0.1) is 0 Å². The van der Waals surface area contributed by atoms with Gasteiger partial charge in [0.15, 0.2) is 0 Å². The first-order valence-corrected chi connectivity index (χ1v) is 7.27. The highest BCUT2D eigenvalue weighted by Crippen LogP contribution is 2.26. The van der Waals surface area contributed by atoms with Crippen molar-refractivity contribution in [3.63, 3.8) is 0 Å². The Kier molecular flexibility index (Phi) is 5.46. The standard InChI is InChI=1S/C16H9Cl3N2O/c17-12-5-6-14(19)15(8-12)21-16(22)11(9-20)7-10-3-1-2-4-13(10)18/h1-8H,(H,21,22)/b11-7+. The van der Waals surface area contributed by atoms with Crippen LogP contribution in [0.2, 0.25) is 15.1 Å². The van der Waals surface area contributed by atoms with Crippen LogP contribution in [0, 0.1) is 11.3 Å². The summed E-state index contributed by atoms with van der Waals surface area (Å²) in [7, 11) is 0. The number of nitrogens with one attached hydrogen (secondary N) is 1. The molecule has 0 aromatic heterocycles. The van der Waals surface area contributed by atoms with Gasteiger partial charge in [0.05, 0.1) is 10.7 Å². The van der Waals surface area contributed by atoms with E-state index in [1.54, 1.807) is 36.4 Å². The highest BCUT2D eigenvalue weighted by molar-refractivity contribution is 6.36. The van der Waals surface area contributed by atoms with Crippen molar-refractivity contribution in [2.45, 2.75) is 0 Å². The molecule has 0 atom stereocenters. The molecule has 1 N–H and O–H groups in total. The van der Waals surface area contributed by atoms with E-state index in [-0.39, 0.29) is 5.57 Å². The minimum atomic E-state index is -0.591. The Morgan fingerprint density at radius 2 is 1.82 bits per heavy atom. The van der Waals surface area contributed by atoms with Crippen molar-refractivity contribution in [2.75, 3.05) is 5.32 Å². The van der Waals surface area contributed by atoms with E-state index < -0.39 is 5.91 Å². The second kappa shape index (κ2) is 7.33. The molecule has 0 bridgehead atoms. The quantitative estimate of drug-likeness (QED) is 0.611. The van der Waals surface area contributed by atoms with Gasteiger partial charge < -0.3 is 5.32 Å². The summed E-state index contributed by atoms with van der Waals surface area (Å²) in [6.07, 6.45) is 1.41. The van der Waals surface area contributed by atoms with E-state index in [0.717, 1.165) is 0 Å². The number of hydrogen-bond acceptors (Lipinski definition) is 2. The number of nitrogens with zero attached hydrogens (tertiary/aromatic N) is 1. The zero-order valence-corrected chi connectivity index (χ0v) is 13.4. The summed E-state index contributed by atoms with van der Waals surface area (Å²) in [5, 5.41) is 12.9. The summed E-state index contributed by atoms with van der Waals surface area (Å²) in [5.41, 5.74) is 0.816. The van der Waals surface area contributed by atoms with Gasteiger partial charge in [-0.1, -0.05) is 53.0 Å². The van der Waals surface area contributed by atoms with E-state index >= 15 is 0 Å². The SMILES string of the molecule is N#C/C(=C\c1ccccc1Cl)C(=O)Nc1cc(Cl)ccc1Cl. The first kappa shape index (κ1) is 16.4. The molecule has 0 saturated carbocycles. The second-order valence-corrected chi connectivity index (χ2v) is 5.52. The molecule has 0 unspecified atom stereocenters. The minimum Gasteiger partial charge on any atom is -0.320 e. The van der Waals surface area contributed by atoms with Gasteiger partial charge in [-0.25, -0.2) is 0 Å². The molecule has 0 saturated heterocycles. The first-order chi connectivity index (χ1) is 10.5. The highest BCUT2D eigenvalue weighted by Gasteiger charge is 2.12. The number of halogens is 3. The predicted molar refractivity (Wildman–Crippen MR) is 90.1 cm³/mol. The van der Waals surface area contributed by atoms with Crippen LogP contribution in [0.25, 0.3) is 6.08 Å². The Balaban J connectivity index is 2.29. The van der Waals surface area contributed by atoms with Crippen molar-refractivity contribution in [3.05, 3.63) is 68.7 Å². The number of rotatable bonds is 3. The molecule has 0 spiro atoms. The van der Waals surface area contributed by atoms with Crippen molar-refractivity contribution in [3.8, 4) is 6.07 Å². The lowest BCUT2D eigenvalue weighted by atomic mass is 10.1. The lowest BCUT2D eigenvalue weighted by Crippen LogP contribution is -2.13. The first-order valence-electron chi connectivity index (χ1n) is 6.14. The van der Waals surface area contributed by atoms with E-state index in [4.69, 9.17) is 40.1 Å². The lowest BCUT2D eigenvalue weighted by molar-refractivity contribution is -0.112. The van der Waals surface area contributed by atoms with Crippen molar-refractivity contribution in [1.82, 2.24) is 0 Å². The third-order valence-corrected chi connectivity index (χ3v) is 3.66. The van der Waals surface area contributed by atoms with Crippen LogP contribution in [-0.4, -0.2) is 5.91 Å². The number of anilines is 1. The van der Waals surface area contributed by atoms with Crippen molar-refractivity contribution < 1.29 is 4.79 Å². The normalized spacial score (nSPS) is 10.9. The molecule has 22 heavy (non-hydrogen) atoms. The Labute approximate surface area is 142 Å². The molecule has 6 heteroatoms. The van der Waals surface area contributed by atoms with Crippen LogP contribution in [0.5, 0.6) is 0 Å². The fraction of sp³-hybridized carbons (Fsp3) is 0. The van der Waals surface area contributed by atoms with E-state index in [9.17, 15) is 4.79 Å². The van der Waals surface area contributed by atoms with Crippen molar-refractivity contribution in [1.29, 1.82) is 5.26 Å². The average molecular weight is 352 g/mol. The topological polar surface area (TPSA) is 52.9 Å². The van der Waals surface area contributed by atoms with Gasteiger partial charge in [-0.05, 0) is 35.9 Å². The van der Waals surface area contributed by atoms with Crippen LogP contribution in [0.15, 0.2) is 48.0 Å². The summed E-state index contributed by atoms with van der Waals surface area (Å²) in [5.74, 6) is -0.591. The number of benzene rings is 2.